The molecule has 3 aromatic heterocycles. The lowest BCUT2D eigenvalue weighted by atomic mass is 10.2. The number of carbonyl (C=O) groups is 2. The molecule has 9 heteroatoms. The molecule has 1 saturated heterocycles. The molecular formula is C22H24N6O3. The summed E-state index contributed by atoms with van der Waals surface area (Å²) in [7, 11) is 0. The third-order valence-electron chi connectivity index (χ3n) is 5.63. The molecule has 0 N–H and O–H groups in total. The van der Waals surface area contributed by atoms with E-state index < -0.39 is 0 Å². The first kappa shape index (κ1) is 19.6. The molecule has 0 bridgehead atoms. The zero-order chi connectivity index (χ0) is 21.2. The van der Waals surface area contributed by atoms with E-state index in [0.29, 0.717) is 37.8 Å². The average molecular weight is 420 g/mol. The van der Waals surface area contributed by atoms with Gasteiger partial charge in [0.25, 0.3) is 5.91 Å². The molecule has 2 aliphatic rings. The highest BCUT2D eigenvalue weighted by Crippen LogP contribution is 2.29. The number of amides is 2. The summed E-state index contributed by atoms with van der Waals surface area (Å²) < 4.78 is 7.70. The Hall–Kier alpha value is -3.33. The summed E-state index contributed by atoms with van der Waals surface area (Å²) >= 11 is 0. The summed E-state index contributed by atoms with van der Waals surface area (Å²) in [5.74, 6) is 0.193. The van der Waals surface area contributed by atoms with Gasteiger partial charge in [-0.05, 0) is 36.5 Å². The number of carbonyl (C=O) groups excluding carboxylic acids is 2. The zero-order valence-corrected chi connectivity index (χ0v) is 17.1. The van der Waals surface area contributed by atoms with Crippen LogP contribution in [0.4, 0.5) is 0 Å². The molecule has 160 valence electrons. The molecule has 1 atom stereocenters. The van der Waals surface area contributed by atoms with Gasteiger partial charge < -0.3 is 14.5 Å². The Balaban J connectivity index is 1.36. The largest absolute Gasteiger partial charge is 0.374 e. The molecule has 2 amide bonds. The van der Waals surface area contributed by atoms with Crippen LogP contribution >= 0.6 is 0 Å². The van der Waals surface area contributed by atoms with E-state index in [0.717, 1.165) is 5.56 Å². The van der Waals surface area contributed by atoms with E-state index in [9.17, 15) is 9.59 Å². The molecule has 1 saturated carbocycles. The van der Waals surface area contributed by atoms with Gasteiger partial charge in [-0.15, -0.1) is 0 Å². The predicted octanol–water partition coefficient (Wildman–Crippen LogP) is 1.40. The average Bonchev–Trinajstić information content (AvgIpc) is 3.54. The van der Waals surface area contributed by atoms with Crippen molar-refractivity contribution < 1.29 is 14.3 Å². The first-order valence-electron chi connectivity index (χ1n) is 10.5. The molecule has 0 aromatic carbocycles. The molecule has 4 heterocycles. The molecular weight excluding hydrogens is 396 g/mol. The fourth-order valence-electron chi connectivity index (χ4n) is 3.76. The van der Waals surface area contributed by atoms with Crippen LogP contribution in [0.15, 0.2) is 49.1 Å². The number of pyridine rings is 1. The Morgan fingerprint density at radius 3 is 2.87 bits per heavy atom. The fraction of sp³-hybridized carbons (Fsp3) is 0.409. The van der Waals surface area contributed by atoms with Gasteiger partial charge in [-0.3, -0.25) is 14.6 Å². The number of hydrogen-bond donors (Lipinski definition) is 0. The number of nitrogens with zero attached hydrogens (tertiary/aromatic N) is 6. The second-order valence-corrected chi connectivity index (χ2v) is 8.17. The van der Waals surface area contributed by atoms with Crippen molar-refractivity contribution in [3.05, 3.63) is 60.3 Å². The van der Waals surface area contributed by atoms with Crippen LogP contribution < -0.4 is 0 Å². The summed E-state index contributed by atoms with van der Waals surface area (Å²) in [5, 5.41) is 4.33. The van der Waals surface area contributed by atoms with Gasteiger partial charge in [0, 0.05) is 57.1 Å². The maximum absolute atomic E-state index is 13.2. The molecule has 0 spiro atoms. The van der Waals surface area contributed by atoms with Crippen molar-refractivity contribution in [3.63, 3.8) is 0 Å². The Morgan fingerprint density at radius 2 is 2.10 bits per heavy atom. The molecule has 1 unspecified atom stereocenters. The van der Waals surface area contributed by atoms with E-state index >= 15 is 0 Å². The molecule has 0 radical (unpaired) electrons. The van der Waals surface area contributed by atoms with Crippen molar-refractivity contribution in [2.24, 2.45) is 5.92 Å². The number of hydrogen-bond acceptors (Lipinski definition) is 6. The Morgan fingerprint density at radius 1 is 1.19 bits per heavy atom. The zero-order valence-electron chi connectivity index (χ0n) is 17.1. The van der Waals surface area contributed by atoms with Gasteiger partial charge in [0.05, 0.1) is 6.10 Å². The smallest absolute Gasteiger partial charge is 0.275 e. The lowest BCUT2D eigenvalue weighted by Gasteiger charge is -2.24. The van der Waals surface area contributed by atoms with Gasteiger partial charge in [0.1, 0.15) is 6.54 Å². The van der Waals surface area contributed by atoms with Crippen LogP contribution in [0.5, 0.6) is 0 Å². The lowest BCUT2D eigenvalue weighted by Crippen LogP contribution is -2.40. The lowest BCUT2D eigenvalue weighted by molar-refractivity contribution is -0.132. The molecule has 1 aliphatic heterocycles. The van der Waals surface area contributed by atoms with Crippen molar-refractivity contribution in [2.45, 2.75) is 25.5 Å². The van der Waals surface area contributed by atoms with Gasteiger partial charge >= 0.3 is 0 Å². The van der Waals surface area contributed by atoms with Gasteiger partial charge in [-0.2, -0.15) is 5.10 Å². The third-order valence-corrected chi connectivity index (χ3v) is 5.63. The summed E-state index contributed by atoms with van der Waals surface area (Å²) in [6.45, 7) is 1.89. The molecule has 31 heavy (non-hydrogen) atoms. The first-order valence-corrected chi connectivity index (χ1v) is 10.5. The van der Waals surface area contributed by atoms with Crippen molar-refractivity contribution in [2.75, 3.05) is 26.2 Å². The summed E-state index contributed by atoms with van der Waals surface area (Å²) in [6.07, 6.45) is 8.97. The normalized spacial score (nSPS) is 19.6. The molecule has 1 aliphatic carbocycles. The van der Waals surface area contributed by atoms with Gasteiger partial charge in [0.15, 0.2) is 11.3 Å². The molecule has 2 fully saturated rings. The highest BCUT2D eigenvalue weighted by atomic mass is 16.5. The van der Waals surface area contributed by atoms with E-state index in [2.05, 4.69) is 15.1 Å². The van der Waals surface area contributed by atoms with Gasteiger partial charge in [-0.1, -0.05) is 6.07 Å². The summed E-state index contributed by atoms with van der Waals surface area (Å²) in [5.41, 5.74) is 1.81. The minimum atomic E-state index is -0.290. The molecule has 3 aromatic rings. The van der Waals surface area contributed by atoms with E-state index in [4.69, 9.17) is 4.74 Å². The molecule has 9 nitrogen and oxygen atoms in total. The van der Waals surface area contributed by atoms with Crippen molar-refractivity contribution in [1.29, 1.82) is 0 Å². The van der Waals surface area contributed by atoms with Crippen LogP contribution in [0.2, 0.25) is 0 Å². The van der Waals surface area contributed by atoms with Crippen LogP contribution in [0, 0.1) is 5.92 Å². The highest BCUT2D eigenvalue weighted by molar-refractivity contribution is 5.96. The van der Waals surface area contributed by atoms with E-state index in [1.807, 2.05) is 12.1 Å². The third kappa shape index (κ3) is 4.56. The monoisotopic (exact) mass is 420 g/mol. The minimum absolute atomic E-state index is 0.0102. The number of aromatic nitrogens is 4. The summed E-state index contributed by atoms with van der Waals surface area (Å²) in [6, 6.07) is 7.19. The number of ether oxygens (including phenoxy) is 1. The van der Waals surface area contributed by atoms with Crippen LogP contribution in [0.3, 0.4) is 0 Å². The predicted molar refractivity (Wildman–Crippen MR) is 111 cm³/mol. The topological polar surface area (TPSA) is 92.9 Å². The van der Waals surface area contributed by atoms with E-state index in [1.165, 1.54) is 12.8 Å². The number of rotatable bonds is 6. The van der Waals surface area contributed by atoms with Crippen molar-refractivity contribution in [1.82, 2.24) is 29.4 Å². The standard InChI is InChI=1S/C22H24N6O3/c29-21-14-27(22(30)19-9-20-24-7-2-8-28(20)25-19)13-18(31-15-16-4-5-16)12-26(21)11-17-3-1-6-23-10-17/h1-3,6-10,16,18H,4-5,11-15H2. The quantitative estimate of drug-likeness (QED) is 0.599. The Labute approximate surface area is 179 Å². The maximum atomic E-state index is 13.2. The van der Waals surface area contributed by atoms with Crippen LogP contribution in [0.25, 0.3) is 5.65 Å². The second-order valence-electron chi connectivity index (χ2n) is 8.17. The Bertz CT molecular complexity index is 1050. The van der Waals surface area contributed by atoms with Crippen LogP contribution in [-0.2, 0) is 16.1 Å². The van der Waals surface area contributed by atoms with Crippen molar-refractivity contribution >= 4 is 17.5 Å². The molecule has 5 rings (SSSR count). The van der Waals surface area contributed by atoms with E-state index in [1.54, 1.807) is 51.2 Å². The van der Waals surface area contributed by atoms with Gasteiger partial charge in [-0.25, -0.2) is 9.50 Å². The second kappa shape index (κ2) is 8.43. The highest BCUT2D eigenvalue weighted by Gasteiger charge is 2.33. The maximum Gasteiger partial charge on any atom is 0.275 e. The van der Waals surface area contributed by atoms with Gasteiger partial charge in [0.2, 0.25) is 5.91 Å². The SMILES string of the molecule is O=C1CN(C(=O)c2cc3ncccn3n2)CC(OCC2CC2)CN1Cc1cccnc1. The fourth-order valence-corrected chi connectivity index (χ4v) is 3.76. The number of fused-ring (bicyclic) bond motifs is 1. The van der Waals surface area contributed by atoms with Crippen LogP contribution in [0.1, 0.15) is 28.9 Å². The Kier molecular flexibility index (Phi) is 5.33. The first-order chi connectivity index (χ1) is 15.2. The van der Waals surface area contributed by atoms with E-state index in [-0.39, 0.29) is 30.2 Å². The summed E-state index contributed by atoms with van der Waals surface area (Å²) in [4.78, 5) is 37.9. The van der Waals surface area contributed by atoms with Crippen LogP contribution in [-0.4, -0.2) is 73.5 Å². The van der Waals surface area contributed by atoms with Crippen molar-refractivity contribution in [3.8, 4) is 0 Å². The minimum Gasteiger partial charge on any atom is -0.374 e.